The van der Waals surface area contributed by atoms with E-state index in [0.29, 0.717) is 36.4 Å². The van der Waals surface area contributed by atoms with E-state index in [1.807, 2.05) is 0 Å². The lowest BCUT2D eigenvalue weighted by Gasteiger charge is -2.28. The molecule has 2 unspecified atom stereocenters. The van der Waals surface area contributed by atoms with E-state index >= 15 is 0 Å². The molecule has 1 aromatic rings. The van der Waals surface area contributed by atoms with Crippen molar-refractivity contribution in [1.29, 1.82) is 0 Å². The first-order valence-electron chi connectivity index (χ1n) is 7.62. The summed E-state index contributed by atoms with van der Waals surface area (Å²) in [5.41, 5.74) is 0.637. The maximum atomic E-state index is 11.8. The zero-order chi connectivity index (χ0) is 15.4. The van der Waals surface area contributed by atoms with Crippen molar-refractivity contribution < 1.29 is 19.0 Å². The number of piperidine rings is 1. The van der Waals surface area contributed by atoms with E-state index < -0.39 is 6.09 Å². The van der Waals surface area contributed by atoms with Gasteiger partial charge in [-0.2, -0.15) is 0 Å². The predicted molar refractivity (Wildman–Crippen MR) is 79.0 cm³/mol. The first-order chi connectivity index (χ1) is 10.7. The molecule has 0 bridgehead atoms. The van der Waals surface area contributed by atoms with Gasteiger partial charge in [0.25, 0.3) is 0 Å². The molecule has 2 aliphatic heterocycles. The summed E-state index contributed by atoms with van der Waals surface area (Å²) in [7, 11) is 0. The van der Waals surface area contributed by atoms with Crippen LogP contribution in [-0.2, 0) is 11.3 Å². The standard InChI is InChI=1S/C15H21N3O4/c1-10-6-11(2-3-16-10)18-15(19)22-9-12-7-13-14(8-17-12)21-5-4-20-13/h7-8,10-11,16H,2-6,9H2,1H3,(H,18,19). The number of rotatable bonds is 3. The van der Waals surface area contributed by atoms with Crippen molar-refractivity contribution in [3.8, 4) is 11.5 Å². The van der Waals surface area contributed by atoms with Crippen LogP contribution in [0.25, 0.3) is 0 Å². The lowest BCUT2D eigenvalue weighted by atomic mass is 10.0. The van der Waals surface area contributed by atoms with Crippen LogP contribution in [0.5, 0.6) is 11.5 Å². The first-order valence-corrected chi connectivity index (χ1v) is 7.62. The Morgan fingerprint density at radius 1 is 1.45 bits per heavy atom. The molecule has 0 radical (unpaired) electrons. The number of ether oxygens (including phenoxy) is 3. The summed E-state index contributed by atoms with van der Waals surface area (Å²) in [6.45, 7) is 4.18. The summed E-state index contributed by atoms with van der Waals surface area (Å²) >= 11 is 0. The van der Waals surface area contributed by atoms with E-state index in [-0.39, 0.29) is 12.6 Å². The summed E-state index contributed by atoms with van der Waals surface area (Å²) in [5.74, 6) is 1.27. The smallest absolute Gasteiger partial charge is 0.407 e. The highest BCUT2D eigenvalue weighted by molar-refractivity contribution is 5.67. The Bertz CT molecular complexity index is 538. The largest absolute Gasteiger partial charge is 0.486 e. The fourth-order valence-electron chi connectivity index (χ4n) is 2.68. The van der Waals surface area contributed by atoms with Crippen LogP contribution in [0.15, 0.2) is 12.3 Å². The third kappa shape index (κ3) is 3.79. The first kappa shape index (κ1) is 14.9. The second-order valence-corrected chi connectivity index (χ2v) is 5.62. The molecule has 0 aromatic carbocycles. The maximum Gasteiger partial charge on any atom is 0.407 e. The number of nitrogens with one attached hydrogen (secondary N) is 2. The van der Waals surface area contributed by atoms with Gasteiger partial charge in [0.05, 0.1) is 11.9 Å². The van der Waals surface area contributed by atoms with Gasteiger partial charge in [0, 0.05) is 18.2 Å². The lowest BCUT2D eigenvalue weighted by molar-refractivity contribution is 0.130. The van der Waals surface area contributed by atoms with Crippen LogP contribution in [0.1, 0.15) is 25.5 Å². The molecule has 1 aromatic heterocycles. The molecule has 1 saturated heterocycles. The zero-order valence-corrected chi connectivity index (χ0v) is 12.6. The van der Waals surface area contributed by atoms with E-state index in [4.69, 9.17) is 14.2 Å². The van der Waals surface area contributed by atoms with Crippen molar-refractivity contribution in [3.05, 3.63) is 18.0 Å². The topological polar surface area (TPSA) is 81.7 Å². The average Bonchev–Trinajstić information content (AvgIpc) is 2.53. The number of pyridine rings is 1. The number of hydrogen-bond acceptors (Lipinski definition) is 6. The monoisotopic (exact) mass is 307 g/mol. The molecule has 2 aliphatic rings. The Labute approximate surface area is 129 Å². The summed E-state index contributed by atoms with van der Waals surface area (Å²) < 4.78 is 16.1. The van der Waals surface area contributed by atoms with Gasteiger partial charge in [-0.1, -0.05) is 0 Å². The van der Waals surface area contributed by atoms with Crippen LogP contribution in [0, 0.1) is 0 Å². The van der Waals surface area contributed by atoms with Gasteiger partial charge < -0.3 is 24.8 Å². The van der Waals surface area contributed by atoms with Crippen LogP contribution in [0.2, 0.25) is 0 Å². The van der Waals surface area contributed by atoms with Crippen LogP contribution >= 0.6 is 0 Å². The zero-order valence-electron chi connectivity index (χ0n) is 12.6. The van der Waals surface area contributed by atoms with Crippen LogP contribution in [0.4, 0.5) is 4.79 Å². The molecule has 120 valence electrons. The normalized spacial score (nSPS) is 23.7. The minimum Gasteiger partial charge on any atom is -0.486 e. The van der Waals surface area contributed by atoms with Gasteiger partial charge in [0.2, 0.25) is 0 Å². The van der Waals surface area contributed by atoms with Crippen LogP contribution < -0.4 is 20.1 Å². The number of hydrogen-bond donors (Lipinski definition) is 2. The third-order valence-corrected chi connectivity index (χ3v) is 3.78. The van der Waals surface area contributed by atoms with Gasteiger partial charge in [-0.3, -0.25) is 4.98 Å². The molecule has 22 heavy (non-hydrogen) atoms. The highest BCUT2D eigenvalue weighted by Crippen LogP contribution is 2.29. The molecular weight excluding hydrogens is 286 g/mol. The van der Waals surface area contributed by atoms with Crippen molar-refractivity contribution in [2.45, 2.75) is 38.5 Å². The quantitative estimate of drug-likeness (QED) is 0.874. The number of aromatic nitrogens is 1. The Balaban J connectivity index is 1.48. The number of nitrogens with zero attached hydrogens (tertiary/aromatic N) is 1. The van der Waals surface area contributed by atoms with Gasteiger partial charge in [-0.15, -0.1) is 0 Å². The van der Waals surface area contributed by atoms with Crippen molar-refractivity contribution in [2.24, 2.45) is 0 Å². The second-order valence-electron chi connectivity index (χ2n) is 5.62. The lowest BCUT2D eigenvalue weighted by Crippen LogP contribution is -2.46. The molecule has 2 N–H and O–H groups in total. The molecule has 0 spiro atoms. The van der Waals surface area contributed by atoms with Crippen LogP contribution in [0.3, 0.4) is 0 Å². The molecule has 1 fully saturated rings. The maximum absolute atomic E-state index is 11.8. The van der Waals surface area contributed by atoms with E-state index in [1.165, 1.54) is 0 Å². The van der Waals surface area contributed by atoms with Crippen molar-refractivity contribution in [3.63, 3.8) is 0 Å². The molecule has 7 nitrogen and oxygen atoms in total. The number of alkyl carbamates (subject to hydrolysis) is 1. The Kier molecular flexibility index (Phi) is 4.62. The van der Waals surface area contributed by atoms with Gasteiger partial charge in [0.1, 0.15) is 19.8 Å². The number of fused-ring (bicyclic) bond motifs is 1. The minimum atomic E-state index is -0.407. The number of amides is 1. The number of carbonyl (C=O) groups excluding carboxylic acids is 1. The van der Waals surface area contributed by atoms with Gasteiger partial charge in [-0.25, -0.2) is 4.79 Å². The summed E-state index contributed by atoms with van der Waals surface area (Å²) in [5, 5.41) is 6.24. The van der Waals surface area contributed by atoms with E-state index in [0.717, 1.165) is 19.4 Å². The Morgan fingerprint density at radius 2 is 2.27 bits per heavy atom. The molecule has 7 heteroatoms. The molecule has 3 rings (SSSR count). The molecule has 2 atom stereocenters. The van der Waals surface area contributed by atoms with Gasteiger partial charge in [-0.05, 0) is 26.3 Å². The van der Waals surface area contributed by atoms with Gasteiger partial charge >= 0.3 is 6.09 Å². The van der Waals surface area contributed by atoms with Crippen molar-refractivity contribution >= 4 is 6.09 Å². The highest BCUT2D eigenvalue weighted by Gasteiger charge is 2.20. The van der Waals surface area contributed by atoms with Crippen molar-refractivity contribution in [1.82, 2.24) is 15.6 Å². The summed E-state index contributed by atoms with van der Waals surface area (Å²) in [6.07, 6.45) is 3.02. The molecule has 1 amide bonds. The molecule has 3 heterocycles. The second kappa shape index (κ2) is 6.83. The minimum absolute atomic E-state index is 0.114. The van der Waals surface area contributed by atoms with Crippen molar-refractivity contribution in [2.75, 3.05) is 19.8 Å². The summed E-state index contributed by atoms with van der Waals surface area (Å²) in [6, 6.07) is 2.32. The fourth-order valence-corrected chi connectivity index (χ4v) is 2.68. The fraction of sp³-hybridized carbons (Fsp3) is 0.600. The SMILES string of the molecule is CC1CC(NC(=O)OCc2cc3c(cn2)OCCO3)CCN1. The average molecular weight is 307 g/mol. The highest BCUT2D eigenvalue weighted by atomic mass is 16.6. The molecule has 0 aliphatic carbocycles. The van der Waals surface area contributed by atoms with E-state index in [9.17, 15) is 4.79 Å². The molecular formula is C15H21N3O4. The van der Waals surface area contributed by atoms with Gasteiger partial charge in [0.15, 0.2) is 11.5 Å². The predicted octanol–water partition coefficient (Wildman–Crippen LogP) is 1.22. The Morgan fingerprint density at radius 3 is 3.09 bits per heavy atom. The molecule has 0 saturated carbocycles. The van der Waals surface area contributed by atoms with Crippen LogP contribution in [-0.4, -0.2) is 42.9 Å². The Hall–Kier alpha value is -2.02. The van der Waals surface area contributed by atoms with E-state index in [1.54, 1.807) is 12.3 Å². The van der Waals surface area contributed by atoms with E-state index in [2.05, 4.69) is 22.5 Å². The third-order valence-electron chi connectivity index (χ3n) is 3.78. The number of carbonyl (C=O) groups is 1. The summed E-state index contributed by atoms with van der Waals surface area (Å²) in [4.78, 5) is 16.0.